The molecule has 0 amide bonds. The van der Waals surface area contributed by atoms with Crippen molar-refractivity contribution < 1.29 is 34.3 Å². The molecule has 0 aliphatic carbocycles. The maximum atomic E-state index is 11.8. The molecule has 6 atom stereocenters. The number of nitrogens with two attached hydrogens (primary N) is 2. The Morgan fingerprint density at radius 3 is 2.57 bits per heavy atom. The van der Waals surface area contributed by atoms with Crippen molar-refractivity contribution in [2.45, 2.75) is 49.6 Å². The van der Waals surface area contributed by atoms with Crippen LogP contribution in [0.15, 0.2) is 0 Å². The maximum Gasteiger partial charge on any atom is 0.323 e. The van der Waals surface area contributed by atoms with Crippen molar-refractivity contribution in [3.63, 3.8) is 0 Å². The minimum absolute atomic E-state index is 0.346. The van der Waals surface area contributed by atoms with Gasteiger partial charge < -0.3 is 41.0 Å². The summed E-state index contributed by atoms with van der Waals surface area (Å²) < 4.78 is 15.3. The fourth-order valence-electron chi connectivity index (χ4n) is 2.05. The van der Waals surface area contributed by atoms with Crippen LogP contribution in [0.5, 0.6) is 0 Å². The number of ether oxygens (including phenoxy) is 3. The number of aliphatic hydroxyl groups excluding tert-OH is 3. The molecule has 1 rings (SSSR count). The summed E-state index contributed by atoms with van der Waals surface area (Å²) >= 11 is 0. The van der Waals surface area contributed by atoms with E-state index in [0.29, 0.717) is 19.4 Å². The van der Waals surface area contributed by atoms with Crippen LogP contribution in [-0.2, 0) is 19.0 Å². The van der Waals surface area contributed by atoms with E-state index in [1.54, 1.807) is 0 Å². The first-order valence-corrected chi connectivity index (χ1v) is 6.77. The van der Waals surface area contributed by atoms with Gasteiger partial charge in [0.25, 0.3) is 0 Å². The van der Waals surface area contributed by atoms with Gasteiger partial charge in [0.15, 0.2) is 12.4 Å². The van der Waals surface area contributed by atoms with Crippen LogP contribution in [0, 0.1) is 0 Å². The summed E-state index contributed by atoms with van der Waals surface area (Å²) in [5.41, 5.74) is 11.0. The normalized spacial score (nSPS) is 34.5. The van der Waals surface area contributed by atoms with Crippen LogP contribution in [0.1, 0.15) is 12.8 Å². The Hall–Kier alpha value is -0.810. The predicted molar refractivity (Wildman–Crippen MR) is 70.9 cm³/mol. The molecule has 1 aliphatic rings. The van der Waals surface area contributed by atoms with Crippen molar-refractivity contribution in [3.05, 3.63) is 0 Å². The number of hydrogen-bond acceptors (Lipinski definition) is 9. The third kappa shape index (κ3) is 4.58. The van der Waals surface area contributed by atoms with Gasteiger partial charge in [-0.3, -0.25) is 4.79 Å². The molecule has 7 N–H and O–H groups in total. The summed E-state index contributed by atoms with van der Waals surface area (Å²) in [6.07, 6.45) is -5.31. The van der Waals surface area contributed by atoms with Crippen molar-refractivity contribution in [1.82, 2.24) is 0 Å². The van der Waals surface area contributed by atoms with E-state index in [1.165, 1.54) is 7.11 Å². The monoisotopic (exact) mass is 308 g/mol. The highest BCUT2D eigenvalue weighted by molar-refractivity contribution is 5.75. The van der Waals surface area contributed by atoms with Gasteiger partial charge in [-0.1, -0.05) is 0 Å². The molecule has 0 aromatic carbocycles. The number of aliphatic hydroxyl groups is 3. The molecule has 1 saturated heterocycles. The topological polar surface area (TPSA) is 157 Å². The van der Waals surface area contributed by atoms with E-state index in [1.807, 2.05) is 0 Å². The number of methoxy groups -OCH3 is 1. The minimum Gasteiger partial charge on any atom is -0.453 e. The Kier molecular flexibility index (Phi) is 7.46. The summed E-state index contributed by atoms with van der Waals surface area (Å²) in [5, 5.41) is 28.8. The van der Waals surface area contributed by atoms with Crippen LogP contribution in [0.3, 0.4) is 0 Å². The lowest BCUT2D eigenvalue weighted by molar-refractivity contribution is -0.298. The van der Waals surface area contributed by atoms with E-state index in [-0.39, 0.29) is 0 Å². The molecule has 0 saturated carbocycles. The summed E-state index contributed by atoms with van der Waals surface area (Å²) in [6, 6.07) is -0.883. The highest BCUT2D eigenvalue weighted by atomic mass is 16.7. The fraction of sp³-hybridized carbons (Fsp3) is 0.917. The van der Waals surface area contributed by atoms with E-state index in [9.17, 15) is 15.0 Å². The molecule has 0 radical (unpaired) electrons. The van der Waals surface area contributed by atoms with Gasteiger partial charge >= 0.3 is 5.97 Å². The van der Waals surface area contributed by atoms with Crippen molar-refractivity contribution in [3.8, 4) is 0 Å². The van der Waals surface area contributed by atoms with E-state index in [4.69, 9.17) is 30.8 Å². The average molecular weight is 308 g/mol. The number of esters is 1. The summed E-state index contributed by atoms with van der Waals surface area (Å²) in [5.74, 6) is -0.743. The van der Waals surface area contributed by atoms with Crippen LogP contribution in [0.25, 0.3) is 0 Å². The highest BCUT2D eigenvalue weighted by Crippen LogP contribution is 2.24. The first kappa shape index (κ1) is 18.2. The van der Waals surface area contributed by atoms with Crippen LogP contribution >= 0.6 is 0 Å². The van der Waals surface area contributed by atoms with Gasteiger partial charge in [-0.25, -0.2) is 0 Å². The molecule has 0 aromatic heterocycles. The van der Waals surface area contributed by atoms with E-state index >= 15 is 0 Å². The zero-order valence-corrected chi connectivity index (χ0v) is 11.9. The van der Waals surface area contributed by atoms with Crippen LogP contribution in [0.2, 0.25) is 0 Å². The largest absolute Gasteiger partial charge is 0.453 e. The lowest BCUT2D eigenvalue weighted by atomic mass is 9.99. The molecule has 0 aromatic rings. The van der Waals surface area contributed by atoms with Crippen molar-refractivity contribution >= 4 is 5.97 Å². The summed E-state index contributed by atoms with van der Waals surface area (Å²) in [4.78, 5) is 11.8. The number of carbonyl (C=O) groups is 1. The first-order valence-electron chi connectivity index (χ1n) is 6.77. The molecule has 1 unspecified atom stereocenters. The van der Waals surface area contributed by atoms with Gasteiger partial charge in [0.05, 0.1) is 6.61 Å². The zero-order chi connectivity index (χ0) is 16.0. The Morgan fingerprint density at radius 1 is 1.38 bits per heavy atom. The van der Waals surface area contributed by atoms with Gasteiger partial charge in [0.2, 0.25) is 0 Å². The second kappa shape index (κ2) is 8.59. The lowest BCUT2D eigenvalue weighted by Crippen LogP contribution is -2.60. The Balaban J connectivity index is 2.68. The van der Waals surface area contributed by atoms with Gasteiger partial charge in [0, 0.05) is 7.11 Å². The Labute approximate surface area is 122 Å². The van der Waals surface area contributed by atoms with Gasteiger partial charge in [0.1, 0.15) is 24.4 Å². The first-order chi connectivity index (χ1) is 9.96. The molecule has 9 nitrogen and oxygen atoms in total. The van der Waals surface area contributed by atoms with Crippen LogP contribution in [-0.4, -0.2) is 78.3 Å². The molecule has 1 fully saturated rings. The standard InChI is InChI=1S/C12H24N2O7/c1-19-12-10(9(17)8(16)7(5-15)20-12)21-11(18)6(14)3-2-4-13/h6-10,12,15-17H,2-5,13-14H2,1H3/t6-,7+,8-,9-,10+,12?/m0/s1. The van der Waals surface area contributed by atoms with Crippen molar-refractivity contribution in [2.24, 2.45) is 11.5 Å². The third-order valence-electron chi connectivity index (χ3n) is 3.33. The van der Waals surface area contributed by atoms with E-state index in [2.05, 4.69) is 0 Å². The SMILES string of the molecule is COC1O[C@H](CO)[C@H](O)[C@H](O)[C@H]1OC(=O)[C@@H](N)CCCN. The van der Waals surface area contributed by atoms with Gasteiger partial charge in [-0.15, -0.1) is 0 Å². The molecule has 9 heteroatoms. The fourth-order valence-corrected chi connectivity index (χ4v) is 2.05. The van der Waals surface area contributed by atoms with Crippen LogP contribution in [0.4, 0.5) is 0 Å². The molecule has 0 bridgehead atoms. The molecular weight excluding hydrogens is 284 g/mol. The molecule has 21 heavy (non-hydrogen) atoms. The predicted octanol–water partition coefficient (Wildman–Crippen LogP) is -2.95. The van der Waals surface area contributed by atoms with E-state index < -0.39 is 49.3 Å². The van der Waals surface area contributed by atoms with E-state index in [0.717, 1.165) is 0 Å². The number of rotatable bonds is 7. The maximum absolute atomic E-state index is 11.8. The molecule has 124 valence electrons. The van der Waals surface area contributed by atoms with Gasteiger partial charge in [-0.2, -0.15) is 0 Å². The average Bonchev–Trinajstić information content (AvgIpc) is 2.49. The van der Waals surface area contributed by atoms with Crippen molar-refractivity contribution in [2.75, 3.05) is 20.3 Å². The lowest BCUT2D eigenvalue weighted by Gasteiger charge is -2.41. The zero-order valence-electron chi connectivity index (χ0n) is 11.9. The summed E-state index contributed by atoms with van der Waals surface area (Å²) in [6.45, 7) is -0.109. The summed E-state index contributed by atoms with van der Waals surface area (Å²) in [7, 11) is 1.29. The molecule has 1 heterocycles. The highest BCUT2D eigenvalue weighted by Gasteiger charge is 2.47. The number of hydrogen-bond donors (Lipinski definition) is 5. The Morgan fingerprint density at radius 2 is 2.05 bits per heavy atom. The third-order valence-corrected chi connectivity index (χ3v) is 3.33. The number of carbonyl (C=O) groups excluding carboxylic acids is 1. The second-order valence-electron chi connectivity index (χ2n) is 4.88. The molecular formula is C12H24N2O7. The quantitative estimate of drug-likeness (QED) is 0.310. The molecule has 0 spiro atoms. The van der Waals surface area contributed by atoms with Gasteiger partial charge in [-0.05, 0) is 19.4 Å². The van der Waals surface area contributed by atoms with Crippen molar-refractivity contribution in [1.29, 1.82) is 0 Å². The minimum atomic E-state index is -1.45. The molecule has 1 aliphatic heterocycles. The Bertz CT molecular complexity index is 329. The second-order valence-corrected chi connectivity index (χ2v) is 4.88. The smallest absolute Gasteiger partial charge is 0.323 e. The van der Waals surface area contributed by atoms with Crippen LogP contribution < -0.4 is 11.5 Å².